The molecule has 0 aromatic rings. The Bertz CT molecular complexity index is 284. The fourth-order valence-electron chi connectivity index (χ4n) is 3.23. The second kappa shape index (κ2) is 9.97. The summed E-state index contributed by atoms with van der Waals surface area (Å²) >= 11 is 0. The van der Waals surface area contributed by atoms with Crippen molar-refractivity contribution in [2.75, 3.05) is 20.0 Å². The number of rotatable bonds is 4. The smallest absolute Gasteiger partial charge is 0.147 e. The monoisotopic (exact) mass is 330 g/mol. The van der Waals surface area contributed by atoms with Crippen LogP contribution in [0.15, 0.2) is 0 Å². The van der Waals surface area contributed by atoms with Gasteiger partial charge >= 0.3 is 0 Å². The maximum Gasteiger partial charge on any atom is 0.147 e. The lowest BCUT2D eigenvalue weighted by Crippen LogP contribution is -2.44. The molecule has 4 unspecified atom stereocenters. The molecule has 0 bridgehead atoms. The van der Waals surface area contributed by atoms with E-state index in [9.17, 15) is 0 Å². The summed E-state index contributed by atoms with van der Waals surface area (Å²) in [6.07, 6.45) is 1.18. The van der Waals surface area contributed by atoms with Gasteiger partial charge in [-0.15, -0.1) is 0 Å². The van der Waals surface area contributed by atoms with Crippen molar-refractivity contribution >= 4 is 0 Å². The zero-order chi connectivity index (χ0) is 17.6. The summed E-state index contributed by atoms with van der Waals surface area (Å²) in [6, 6.07) is 0. The number of hydrogen-bond donors (Lipinski definition) is 0. The largest absolute Gasteiger partial charge is 0.373 e. The van der Waals surface area contributed by atoms with Crippen molar-refractivity contribution in [3.63, 3.8) is 0 Å². The molecule has 0 aliphatic carbocycles. The number of hydrogen-bond acceptors (Lipinski definition) is 4. The minimum Gasteiger partial charge on any atom is -0.373 e. The van der Waals surface area contributed by atoms with Gasteiger partial charge < -0.3 is 18.9 Å². The molecule has 2 aliphatic heterocycles. The van der Waals surface area contributed by atoms with Gasteiger partial charge in [-0.1, -0.05) is 55.4 Å². The lowest BCUT2D eigenvalue weighted by Gasteiger charge is -2.36. The van der Waals surface area contributed by atoms with E-state index in [4.69, 9.17) is 18.9 Å². The molecule has 2 fully saturated rings. The van der Waals surface area contributed by atoms with Gasteiger partial charge in [-0.05, 0) is 23.7 Å². The zero-order valence-corrected chi connectivity index (χ0v) is 16.4. The van der Waals surface area contributed by atoms with Gasteiger partial charge in [0.15, 0.2) is 0 Å². The standard InChI is InChI=1S/C10H20O2.C9H18O2/c1-7(2)9-10(8(3)4)12-6-5-11-9;1-6(2)8-9(7(3)4)11-5-10-8/h7-10H,5-6H2,1-4H3;6-9H,5H2,1-4H3. The summed E-state index contributed by atoms with van der Waals surface area (Å²) < 4.78 is 22.3. The van der Waals surface area contributed by atoms with Gasteiger partial charge in [0, 0.05) is 0 Å². The van der Waals surface area contributed by atoms with Crippen LogP contribution in [-0.2, 0) is 18.9 Å². The van der Waals surface area contributed by atoms with Crippen LogP contribution in [-0.4, -0.2) is 44.4 Å². The van der Waals surface area contributed by atoms with Crippen LogP contribution >= 0.6 is 0 Å². The van der Waals surface area contributed by atoms with Crippen LogP contribution in [0.3, 0.4) is 0 Å². The Kier molecular flexibility index (Phi) is 9.06. The van der Waals surface area contributed by atoms with Crippen molar-refractivity contribution < 1.29 is 18.9 Å². The molecular weight excluding hydrogens is 292 g/mol. The minimum atomic E-state index is 0.291. The molecule has 0 spiro atoms. The van der Waals surface area contributed by atoms with Crippen molar-refractivity contribution in [3.8, 4) is 0 Å². The lowest BCUT2D eigenvalue weighted by atomic mass is 9.93. The van der Waals surface area contributed by atoms with Gasteiger partial charge in [0.1, 0.15) is 6.79 Å². The molecule has 0 N–H and O–H groups in total. The van der Waals surface area contributed by atoms with E-state index in [1.165, 1.54) is 0 Å². The fraction of sp³-hybridized carbons (Fsp3) is 1.00. The molecule has 0 amide bonds. The topological polar surface area (TPSA) is 36.9 Å². The summed E-state index contributed by atoms with van der Waals surface area (Å²) in [5.41, 5.74) is 0. The third kappa shape index (κ3) is 6.33. The highest BCUT2D eigenvalue weighted by molar-refractivity contribution is 4.80. The Balaban J connectivity index is 0.000000231. The average molecular weight is 331 g/mol. The van der Waals surface area contributed by atoms with E-state index in [1.54, 1.807) is 0 Å². The average Bonchev–Trinajstić information content (AvgIpc) is 2.97. The molecule has 0 saturated carbocycles. The third-order valence-electron chi connectivity index (χ3n) is 4.50. The Morgan fingerprint density at radius 2 is 0.739 bits per heavy atom. The Morgan fingerprint density at radius 1 is 0.478 bits per heavy atom. The summed E-state index contributed by atoms with van der Waals surface area (Å²) in [6.45, 7) is 19.4. The van der Waals surface area contributed by atoms with Crippen molar-refractivity contribution in [3.05, 3.63) is 0 Å². The summed E-state index contributed by atoms with van der Waals surface area (Å²) in [5.74, 6) is 2.23. The molecule has 0 aromatic heterocycles. The van der Waals surface area contributed by atoms with Crippen LogP contribution < -0.4 is 0 Å². The lowest BCUT2D eigenvalue weighted by molar-refractivity contribution is -0.169. The summed E-state index contributed by atoms with van der Waals surface area (Å²) in [7, 11) is 0. The van der Waals surface area contributed by atoms with Gasteiger partial charge in [0.2, 0.25) is 0 Å². The molecule has 4 atom stereocenters. The maximum absolute atomic E-state index is 5.69. The first kappa shape index (κ1) is 20.9. The fourth-order valence-corrected chi connectivity index (χ4v) is 3.23. The van der Waals surface area contributed by atoms with E-state index >= 15 is 0 Å². The van der Waals surface area contributed by atoms with Crippen molar-refractivity contribution in [2.24, 2.45) is 23.7 Å². The predicted octanol–water partition coefficient (Wildman–Crippen LogP) is 4.12. The predicted molar refractivity (Wildman–Crippen MR) is 93.4 cm³/mol. The van der Waals surface area contributed by atoms with E-state index in [-0.39, 0.29) is 0 Å². The van der Waals surface area contributed by atoms with Crippen molar-refractivity contribution in [2.45, 2.75) is 79.8 Å². The highest BCUT2D eigenvalue weighted by Gasteiger charge is 2.33. The van der Waals surface area contributed by atoms with Crippen LogP contribution in [0.1, 0.15) is 55.4 Å². The molecule has 2 saturated heterocycles. The maximum atomic E-state index is 5.69. The van der Waals surface area contributed by atoms with E-state index in [2.05, 4.69) is 55.4 Å². The molecule has 0 aromatic carbocycles. The summed E-state index contributed by atoms with van der Waals surface area (Å²) in [4.78, 5) is 0. The van der Waals surface area contributed by atoms with E-state index in [0.717, 1.165) is 13.2 Å². The van der Waals surface area contributed by atoms with Crippen LogP contribution in [0.2, 0.25) is 0 Å². The van der Waals surface area contributed by atoms with Gasteiger partial charge in [0.05, 0.1) is 37.6 Å². The van der Waals surface area contributed by atoms with Crippen molar-refractivity contribution in [1.82, 2.24) is 0 Å². The molecule has 2 aliphatic rings. The second-order valence-corrected chi connectivity index (χ2v) is 8.03. The molecule has 23 heavy (non-hydrogen) atoms. The van der Waals surface area contributed by atoms with Crippen LogP contribution in [0.4, 0.5) is 0 Å². The Morgan fingerprint density at radius 3 is 1.00 bits per heavy atom. The van der Waals surface area contributed by atoms with Crippen LogP contribution in [0.5, 0.6) is 0 Å². The van der Waals surface area contributed by atoms with Gasteiger partial charge in [-0.3, -0.25) is 0 Å². The Labute approximate surface area is 143 Å². The van der Waals surface area contributed by atoms with E-state index in [0.29, 0.717) is 54.9 Å². The summed E-state index contributed by atoms with van der Waals surface area (Å²) in [5, 5.41) is 0. The molecule has 2 heterocycles. The highest BCUT2D eigenvalue weighted by Crippen LogP contribution is 2.25. The van der Waals surface area contributed by atoms with Crippen molar-refractivity contribution in [1.29, 1.82) is 0 Å². The van der Waals surface area contributed by atoms with Crippen LogP contribution in [0, 0.1) is 23.7 Å². The SMILES string of the molecule is CC(C)C1OCCOC1C(C)C.CC(C)C1OCOC1C(C)C. The van der Waals surface area contributed by atoms with Gasteiger partial charge in [0.25, 0.3) is 0 Å². The number of ether oxygens (including phenoxy) is 4. The molecular formula is C19H38O4. The van der Waals surface area contributed by atoms with E-state index < -0.39 is 0 Å². The normalized spacial score (nSPS) is 31.8. The first-order valence-electron chi connectivity index (χ1n) is 9.22. The zero-order valence-electron chi connectivity index (χ0n) is 16.4. The molecule has 138 valence electrons. The molecule has 4 heteroatoms. The first-order chi connectivity index (χ1) is 10.8. The first-order valence-corrected chi connectivity index (χ1v) is 9.22. The third-order valence-corrected chi connectivity index (χ3v) is 4.50. The second-order valence-electron chi connectivity index (χ2n) is 8.03. The van der Waals surface area contributed by atoms with Crippen LogP contribution in [0.25, 0.3) is 0 Å². The Hall–Kier alpha value is -0.160. The molecule has 4 nitrogen and oxygen atoms in total. The molecule has 0 radical (unpaired) electrons. The van der Waals surface area contributed by atoms with Gasteiger partial charge in [-0.2, -0.15) is 0 Å². The quantitative estimate of drug-likeness (QED) is 0.777. The minimum absolute atomic E-state index is 0.291. The highest BCUT2D eigenvalue weighted by atomic mass is 16.7. The van der Waals surface area contributed by atoms with Gasteiger partial charge in [-0.25, -0.2) is 0 Å². The molecule has 2 rings (SSSR count). The van der Waals surface area contributed by atoms with E-state index in [1.807, 2.05) is 0 Å².